The highest BCUT2D eigenvalue weighted by Gasteiger charge is 2.46. The first kappa shape index (κ1) is 67.5. The maximum Gasteiger partial charge on any atom is 0.272 e. The molecule has 0 radical (unpaired) electrons. The number of carbonyl (C=O) groups is 4. The molecule has 22 heteroatoms. The van der Waals surface area contributed by atoms with Gasteiger partial charge in [0.15, 0.2) is 12.6 Å². The number of fused-ring (bicyclic) bond motifs is 3. The molecule has 6 rings (SSSR count). The average molecular weight is 1180 g/mol. The topological polar surface area (TPSA) is 314 Å². The van der Waals surface area contributed by atoms with Crippen LogP contribution in [0.25, 0.3) is 11.1 Å². The molecule has 3 aromatic rings. The summed E-state index contributed by atoms with van der Waals surface area (Å²) in [5.74, 6) is 4.97. The van der Waals surface area contributed by atoms with Crippen LogP contribution in [-0.2, 0) is 34.0 Å². The fourth-order valence-corrected chi connectivity index (χ4v) is 11.3. The Morgan fingerprint density at radius 2 is 1.00 bits per heavy atom. The van der Waals surface area contributed by atoms with E-state index in [2.05, 4.69) is 65.6 Å². The number of ether oxygens (including phenoxy) is 4. The highest BCUT2D eigenvalue weighted by Crippen LogP contribution is 2.55. The van der Waals surface area contributed by atoms with E-state index in [0.29, 0.717) is 31.7 Å². The molecule has 0 bridgehead atoms. The highest BCUT2D eigenvalue weighted by atomic mass is 16.7. The molecule has 2 saturated heterocycles. The lowest BCUT2D eigenvalue weighted by Gasteiger charge is -2.39. The number of amides is 4. The number of rotatable bonds is 31. The van der Waals surface area contributed by atoms with Gasteiger partial charge < -0.3 is 85.1 Å². The molecule has 1 aliphatic carbocycles. The number of anilines is 1. The van der Waals surface area contributed by atoms with Gasteiger partial charge in [0.05, 0.1) is 13.2 Å². The van der Waals surface area contributed by atoms with Crippen LogP contribution in [0.1, 0.15) is 149 Å². The van der Waals surface area contributed by atoms with E-state index in [-0.39, 0.29) is 49.4 Å². The Hall–Kier alpha value is -5.65. The third-order valence-corrected chi connectivity index (χ3v) is 16.2. The number of nitrogens with zero attached hydrogens (tertiary/aromatic N) is 4. The van der Waals surface area contributed by atoms with Gasteiger partial charge in [-0.2, -0.15) is 0 Å². The van der Waals surface area contributed by atoms with Crippen LogP contribution in [0.2, 0.25) is 0 Å². The smallest absolute Gasteiger partial charge is 0.272 e. The van der Waals surface area contributed by atoms with Crippen LogP contribution in [0.4, 0.5) is 5.69 Å². The van der Waals surface area contributed by atoms with Gasteiger partial charge in [0.25, 0.3) is 11.8 Å². The van der Waals surface area contributed by atoms with Gasteiger partial charge in [-0.05, 0) is 99.2 Å². The second-order valence-corrected chi connectivity index (χ2v) is 21.7. The van der Waals surface area contributed by atoms with Crippen molar-refractivity contribution < 1.29 is 79.0 Å². The van der Waals surface area contributed by atoms with Crippen LogP contribution >= 0.6 is 0 Å². The lowest BCUT2D eigenvalue weighted by atomic mass is 9.70. The molecular formula is C62H90N6O16. The number of aliphatic hydroxyl groups excluding tert-OH is 8. The van der Waals surface area contributed by atoms with Gasteiger partial charge in [0, 0.05) is 74.6 Å². The quantitative estimate of drug-likeness (QED) is 0.0327. The number of hydrogen-bond donors (Lipinski definition) is 10. The molecule has 3 aliphatic rings. The van der Waals surface area contributed by atoms with Gasteiger partial charge in [-0.3, -0.25) is 19.2 Å². The average Bonchev–Trinajstić information content (AvgIpc) is 2.15. The predicted octanol–water partition coefficient (Wildman–Crippen LogP) is 2.32. The molecule has 10 N–H and O–H groups in total. The summed E-state index contributed by atoms with van der Waals surface area (Å²) in [6, 6.07) is 15.9. The van der Waals surface area contributed by atoms with Crippen LogP contribution in [-0.4, -0.2) is 219 Å². The first-order valence-electron chi connectivity index (χ1n) is 30.0. The molecule has 0 saturated carbocycles. The molecule has 2 aromatic carbocycles. The zero-order chi connectivity index (χ0) is 61.1. The van der Waals surface area contributed by atoms with E-state index in [0.717, 1.165) is 97.7 Å². The van der Waals surface area contributed by atoms with Gasteiger partial charge in [0.1, 0.15) is 73.4 Å². The van der Waals surface area contributed by atoms with Crippen molar-refractivity contribution >= 4 is 29.3 Å². The number of aliphatic hydroxyl groups is 8. The minimum Gasteiger partial charge on any atom is -0.394 e. The summed E-state index contributed by atoms with van der Waals surface area (Å²) in [5, 5.41) is 86.8. The van der Waals surface area contributed by atoms with Gasteiger partial charge in [-0.25, -0.2) is 4.98 Å². The molecule has 2 fully saturated rings. The van der Waals surface area contributed by atoms with Crippen LogP contribution in [0.3, 0.4) is 0 Å². The van der Waals surface area contributed by atoms with Crippen LogP contribution in [0.15, 0.2) is 48.5 Å². The Labute approximate surface area is 493 Å². The molecule has 2 aliphatic heterocycles. The third kappa shape index (κ3) is 16.7. The van der Waals surface area contributed by atoms with Crippen molar-refractivity contribution in [2.75, 3.05) is 83.7 Å². The summed E-state index contributed by atoms with van der Waals surface area (Å²) in [7, 11) is 0. The van der Waals surface area contributed by atoms with E-state index in [4.69, 9.17) is 18.9 Å². The Morgan fingerprint density at radius 1 is 0.560 bits per heavy atom. The van der Waals surface area contributed by atoms with Crippen molar-refractivity contribution in [3.05, 3.63) is 82.2 Å². The molecule has 1 aromatic heterocycles. The van der Waals surface area contributed by atoms with E-state index in [1.807, 2.05) is 44.7 Å². The molecule has 22 nitrogen and oxygen atoms in total. The van der Waals surface area contributed by atoms with Gasteiger partial charge >= 0.3 is 0 Å². The number of hydrogen-bond acceptors (Lipinski definition) is 18. The maximum atomic E-state index is 13.7. The van der Waals surface area contributed by atoms with Crippen molar-refractivity contribution in [3.63, 3.8) is 0 Å². The third-order valence-electron chi connectivity index (χ3n) is 16.2. The maximum absolute atomic E-state index is 13.7. The van der Waals surface area contributed by atoms with Gasteiger partial charge in [-0.1, -0.05) is 89.2 Å². The largest absolute Gasteiger partial charge is 0.394 e. The highest BCUT2D eigenvalue weighted by molar-refractivity contribution is 5.97. The number of nitrogens with one attached hydrogen (secondary N) is 2. The molecule has 464 valence electrons. The molecule has 3 heterocycles. The van der Waals surface area contributed by atoms with E-state index >= 15 is 0 Å². The molecule has 0 spiro atoms. The number of carbonyl (C=O) groups excluding carboxylic acids is 4. The number of benzene rings is 2. The van der Waals surface area contributed by atoms with E-state index in [1.165, 1.54) is 0 Å². The summed E-state index contributed by atoms with van der Waals surface area (Å²) < 4.78 is 21.8. The van der Waals surface area contributed by atoms with Crippen LogP contribution in [0.5, 0.6) is 0 Å². The fourth-order valence-electron chi connectivity index (χ4n) is 11.3. The second kappa shape index (κ2) is 32.7. The minimum absolute atomic E-state index is 0.0806. The lowest BCUT2D eigenvalue weighted by Crippen LogP contribution is -2.59. The summed E-state index contributed by atoms with van der Waals surface area (Å²) in [5.41, 5.74) is 6.37. The SMILES string of the molecule is CCCCCCC1(CCCCCC)c2cc(C#Cc3cc(C(=O)N(CC)CC)nc(C(=O)N(CC)CC)c3)ccc2-c2ccc(N(CCNC(=O)CO[C@H]3O[C@H](CO)[C@@H](O)[C@H](O)[C@H]3O)CCNC(=O)CO[C@H]3O[C@H](CO)[C@@H](O)[C@H](O)[C@H]3O)cc21. The summed E-state index contributed by atoms with van der Waals surface area (Å²) in [6.45, 7) is 12.0. The van der Waals surface area contributed by atoms with Crippen molar-refractivity contribution in [2.45, 2.75) is 173 Å². The Bertz CT molecular complexity index is 2580. The zero-order valence-electron chi connectivity index (χ0n) is 49.6. The normalized spacial score (nSPS) is 23.2. The van der Waals surface area contributed by atoms with Gasteiger partial charge in [0.2, 0.25) is 11.8 Å². The monoisotopic (exact) mass is 1170 g/mol. The zero-order valence-corrected chi connectivity index (χ0v) is 49.6. The van der Waals surface area contributed by atoms with Crippen molar-refractivity contribution in [1.82, 2.24) is 25.4 Å². The summed E-state index contributed by atoms with van der Waals surface area (Å²) >= 11 is 0. The van der Waals surface area contributed by atoms with Crippen molar-refractivity contribution in [2.24, 2.45) is 0 Å². The fraction of sp³-hybridized carbons (Fsp3) is 0.629. The second-order valence-electron chi connectivity index (χ2n) is 21.7. The molecule has 10 atom stereocenters. The molecule has 4 amide bonds. The van der Waals surface area contributed by atoms with E-state index < -0.39 is 105 Å². The Balaban J connectivity index is 1.33. The minimum atomic E-state index is -1.69. The Kier molecular flexibility index (Phi) is 26.3. The lowest BCUT2D eigenvalue weighted by molar-refractivity contribution is -0.299. The number of aromatic nitrogens is 1. The van der Waals surface area contributed by atoms with E-state index in [1.54, 1.807) is 21.9 Å². The summed E-state index contributed by atoms with van der Waals surface area (Å²) in [6.07, 6.45) is -5.45. The van der Waals surface area contributed by atoms with Crippen LogP contribution in [0, 0.1) is 11.8 Å². The molecular weight excluding hydrogens is 1080 g/mol. The summed E-state index contributed by atoms with van der Waals surface area (Å²) in [4.78, 5) is 63.9. The first-order valence-corrected chi connectivity index (χ1v) is 30.0. The standard InChI is InChI=1S/C62H90N6O16/c1-7-13-15-17-25-62(26-18-16-14-8-2)44-31-39(19-20-40-32-46(58(79)66(9-3)10-4)65-47(33-40)59(80)67(11-5)12-6)21-23-42(44)43-24-22-41(34-45(43)62)68(29-27-63-50(71)37-81-60-56(77)54(75)52(73)48(35-69)83-60)30-28-64-51(72)38-82-61-57(78)55(76)53(74)49(36-70)84-61/h21-24,31-34,48-49,52-57,60-61,69-70,73-78H,7-18,25-30,35-38H2,1-6H3,(H,63,71)(H,64,72)/t48-,49-,52-,53-,54+,55+,56-,57-,60+,61+/m1/s1. The van der Waals surface area contributed by atoms with E-state index in [9.17, 15) is 60.0 Å². The Morgan fingerprint density at radius 3 is 1.44 bits per heavy atom. The number of pyridine rings is 1. The molecule has 0 unspecified atom stereocenters. The van der Waals surface area contributed by atoms with Crippen LogP contribution < -0.4 is 15.5 Å². The number of unbranched alkanes of at least 4 members (excludes halogenated alkanes) is 6. The van der Waals surface area contributed by atoms with Gasteiger partial charge in [-0.15, -0.1) is 0 Å². The van der Waals surface area contributed by atoms with Crippen molar-refractivity contribution in [3.8, 4) is 23.0 Å². The first-order chi connectivity index (χ1) is 40.4. The van der Waals surface area contributed by atoms with Crippen molar-refractivity contribution in [1.29, 1.82) is 0 Å². The molecule has 84 heavy (non-hydrogen) atoms. The predicted molar refractivity (Wildman–Crippen MR) is 313 cm³/mol.